The van der Waals surface area contributed by atoms with Crippen LogP contribution in [0, 0.1) is 13.8 Å². The van der Waals surface area contributed by atoms with Gasteiger partial charge in [-0.25, -0.2) is 4.98 Å². The van der Waals surface area contributed by atoms with Crippen molar-refractivity contribution in [2.24, 2.45) is 5.73 Å². The average molecular weight is 526 g/mol. The van der Waals surface area contributed by atoms with E-state index in [1.54, 1.807) is 18.5 Å². The van der Waals surface area contributed by atoms with Crippen LogP contribution in [0.4, 0.5) is 18.9 Å². The molecule has 0 fully saturated rings. The number of amides is 2. The lowest BCUT2D eigenvalue weighted by atomic mass is 10.0. The van der Waals surface area contributed by atoms with Gasteiger partial charge in [-0.05, 0) is 32.4 Å². The number of nitrogens with zero attached hydrogens (tertiary/aromatic N) is 5. The quantitative estimate of drug-likeness (QED) is 0.386. The summed E-state index contributed by atoms with van der Waals surface area (Å²) in [5.74, 6) is -1.50. The zero-order valence-electron chi connectivity index (χ0n) is 18.7. The Bertz CT molecular complexity index is 1450. The predicted octanol–water partition coefficient (Wildman–Crippen LogP) is 4.40. The van der Waals surface area contributed by atoms with Crippen LogP contribution in [0.5, 0.6) is 0 Å². The number of aromatic nitrogens is 5. The molecule has 0 aromatic carbocycles. The van der Waals surface area contributed by atoms with Gasteiger partial charge in [-0.15, -0.1) is 11.3 Å². The topological polar surface area (TPSA) is 121 Å². The van der Waals surface area contributed by atoms with Crippen molar-refractivity contribution in [1.29, 1.82) is 0 Å². The first-order valence-electron chi connectivity index (χ1n) is 10.3. The second-order valence-corrected chi connectivity index (χ2v) is 9.08. The summed E-state index contributed by atoms with van der Waals surface area (Å²) in [6, 6.07) is 0.885. The molecule has 0 saturated carbocycles. The number of hydrogen-bond donors (Lipinski definition) is 2. The fourth-order valence-corrected chi connectivity index (χ4v) is 4.84. The number of fused-ring (bicyclic) bond motifs is 1. The first kappa shape index (κ1) is 24.7. The van der Waals surface area contributed by atoms with Gasteiger partial charge >= 0.3 is 6.18 Å². The monoisotopic (exact) mass is 525 g/mol. The molecule has 0 aliphatic rings. The van der Waals surface area contributed by atoms with Gasteiger partial charge in [0.05, 0.1) is 22.6 Å². The minimum absolute atomic E-state index is 0.0163. The lowest BCUT2D eigenvalue weighted by molar-refractivity contribution is -0.140. The summed E-state index contributed by atoms with van der Waals surface area (Å²) in [5, 5.41) is 11.5. The number of anilines is 1. The number of alkyl halides is 3. The summed E-state index contributed by atoms with van der Waals surface area (Å²) in [4.78, 5) is 28.5. The third-order valence-electron chi connectivity index (χ3n) is 5.33. The average Bonchev–Trinajstić information content (AvgIpc) is 3.42. The number of pyridine rings is 1. The number of nitrogens with one attached hydrogen (secondary N) is 1. The molecule has 0 spiro atoms. The molecule has 0 unspecified atom stereocenters. The first-order chi connectivity index (χ1) is 16.4. The van der Waals surface area contributed by atoms with Gasteiger partial charge in [0, 0.05) is 29.4 Å². The largest absolute Gasteiger partial charge is 0.433 e. The smallest absolute Gasteiger partial charge is 0.365 e. The highest BCUT2D eigenvalue weighted by Crippen LogP contribution is 2.44. The Hall–Kier alpha value is -3.45. The Labute approximate surface area is 205 Å². The zero-order chi connectivity index (χ0) is 25.7. The van der Waals surface area contributed by atoms with E-state index in [4.69, 9.17) is 17.3 Å². The molecule has 4 heterocycles. The predicted molar refractivity (Wildman–Crippen MR) is 125 cm³/mol. The number of nitrogens with two attached hydrogens (primary N) is 1. The van der Waals surface area contributed by atoms with E-state index in [-0.39, 0.29) is 32.9 Å². The molecule has 0 aliphatic carbocycles. The third kappa shape index (κ3) is 4.60. The molecule has 14 heteroatoms. The molecule has 4 aromatic rings. The summed E-state index contributed by atoms with van der Waals surface area (Å²) in [5.41, 5.74) is 6.02. The highest BCUT2D eigenvalue weighted by atomic mass is 35.5. The van der Waals surface area contributed by atoms with Crippen LogP contribution in [0.2, 0.25) is 5.02 Å². The van der Waals surface area contributed by atoms with E-state index in [2.05, 4.69) is 20.5 Å². The molecular formula is C21H19ClF3N7O2S. The summed E-state index contributed by atoms with van der Waals surface area (Å²) in [7, 11) is 0. The number of aryl methyl sites for hydroxylation is 2. The van der Waals surface area contributed by atoms with Crippen molar-refractivity contribution in [1.82, 2.24) is 24.5 Å². The van der Waals surface area contributed by atoms with Gasteiger partial charge in [-0.2, -0.15) is 23.4 Å². The molecule has 4 rings (SSSR count). The fraction of sp³-hybridized carbons (Fsp3) is 0.286. The summed E-state index contributed by atoms with van der Waals surface area (Å²) >= 11 is 6.66. The van der Waals surface area contributed by atoms with Crippen LogP contribution >= 0.6 is 22.9 Å². The minimum Gasteiger partial charge on any atom is -0.365 e. The fourth-order valence-electron chi connectivity index (χ4n) is 3.68. The molecule has 35 heavy (non-hydrogen) atoms. The maximum atomic E-state index is 13.7. The Kier molecular flexibility index (Phi) is 6.32. The third-order valence-corrected chi connectivity index (χ3v) is 6.79. The SMILES string of the molecule is CCn1ncc(-c2cc(C(F)(F)F)nc3sc(C(N)=O)c(NC(=O)Cn4cc(Cl)c(C)n4)c23)c1C. The number of carbonyl (C=O) groups excluding carboxylic acids is 2. The molecule has 184 valence electrons. The van der Waals surface area contributed by atoms with Crippen molar-refractivity contribution in [2.45, 2.75) is 40.0 Å². The molecule has 0 aliphatic heterocycles. The molecule has 0 bridgehead atoms. The zero-order valence-corrected chi connectivity index (χ0v) is 20.3. The van der Waals surface area contributed by atoms with Crippen LogP contribution in [0.3, 0.4) is 0 Å². The van der Waals surface area contributed by atoms with Gasteiger partial charge in [-0.3, -0.25) is 19.0 Å². The standard InChI is InChI=1S/C21H19ClF3N7O2S/c1-4-32-10(3)12(6-27-32)11-5-14(21(23,24)25)28-20-16(11)17(18(35-20)19(26)34)29-15(33)8-31-7-13(22)9(2)30-31/h5-7H,4,8H2,1-3H3,(H2,26,34)(H,29,33). The molecule has 2 amide bonds. The van der Waals surface area contributed by atoms with E-state index in [0.717, 1.165) is 6.07 Å². The molecule has 9 nitrogen and oxygen atoms in total. The molecule has 0 atom stereocenters. The number of primary amides is 1. The maximum absolute atomic E-state index is 13.7. The van der Waals surface area contributed by atoms with Gasteiger partial charge in [0.15, 0.2) is 0 Å². The first-order valence-corrected chi connectivity index (χ1v) is 11.5. The Morgan fingerprint density at radius 1 is 1.26 bits per heavy atom. The molecule has 0 saturated heterocycles. The minimum atomic E-state index is -4.74. The van der Waals surface area contributed by atoms with Crippen LogP contribution in [-0.4, -0.2) is 36.4 Å². The second kappa shape index (κ2) is 8.96. The van der Waals surface area contributed by atoms with Gasteiger partial charge in [0.25, 0.3) is 5.91 Å². The van der Waals surface area contributed by atoms with E-state index >= 15 is 0 Å². The highest BCUT2D eigenvalue weighted by molar-refractivity contribution is 7.21. The van der Waals surface area contributed by atoms with Crippen molar-refractivity contribution in [3.63, 3.8) is 0 Å². The Morgan fingerprint density at radius 2 is 1.97 bits per heavy atom. The van der Waals surface area contributed by atoms with Gasteiger partial charge in [0.1, 0.15) is 21.9 Å². The van der Waals surface area contributed by atoms with E-state index in [1.807, 2.05) is 6.92 Å². The molecule has 4 aromatic heterocycles. The maximum Gasteiger partial charge on any atom is 0.433 e. The van der Waals surface area contributed by atoms with Gasteiger partial charge in [0.2, 0.25) is 5.91 Å². The van der Waals surface area contributed by atoms with Crippen molar-refractivity contribution < 1.29 is 22.8 Å². The normalized spacial score (nSPS) is 11.9. The van der Waals surface area contributed by atoms with Crippen molar-refractivity contribution in [3.8, 4) is 11.1 Å². The van der Waals surface area contributed by atoms with Crippen molar-refractivity contribution in [3.05, 3.63) is 45.4 Å². The van der Waals surface area contributed by atoms with E-state index < -0.39 is 23.7 Å². The summed E-state index contributed by atoms with van der Waals surface area (Å²) in [6.45, 7) is 5.48. The number of thiophene rings is 1. The summed E-state index contributed by atoms with van der Waals surface area (Å²) < 4.78 is 44.0. The Morgan fingerprint density at radius 3 is 2.51 bits per heavy atom. The van der Waals surface area contributed by atoms with Crippen LogP contribution in [-0.2, 0) is 24.1 Å². The van der Waals surface area contributed by atoms with Crippen LogP contribution in [0.15, 0.2) is 18.5 Å². The van der Waals surface area contributed by atoms with Crippen molar-refractivity contribution >= 4 is 50.7 Å². The lowest BCUT2D eigenvalue weighted by Crippen LogP contribution is -2.21. The lowest BCUT2D eigenvalue weighted by Gasteiger charge is -2.12. The number of rotatable bonds is 6. The van der Waals surface area contributed by atoms with Crippen LogP contribution < -0.4 is 11.1 Å². The van der Waals surface area contributed by atoms with Crippen LogP contribution in [0.1, 0.15) is 33.7 Å². The van der Waals surface area contributed by atoms with Crippen molar-refractivity contribution in [2.75, 3.05) is 5.32 Å². The molecule has 0 radical (unpaired) electrons. The summed E-state index contributed by atoms with van der Waals surface area (Å²) in [6.07, 6.45) is -1.84. The van der Waals surface area contributed by atoms with Gasteiger partial charge < -0.3 is 11.1 Å². The van der Waals surface area contributed by atoms with Crippen LogP contribution in [0.25, 0.3) is 21.3 Å². The van der Waals surface area contributed by atoms with E-state index in [1.165, 1.54) is 17.1 Å². The molecule has 3 N–H and O–H groups in total. The Balaban J connectivity index is 1.91. The number of carbonyl (C=O) groups is 2. The van der Waals surface area contributed by atoms with Gasteiger partial charge in [-0.1, -0.05) is 11.6 Å². The number of hydrogen-bond acceptors (Lipinski definition) is 6. The highest BCUT2D eigenvalue weighted by Gasteiger charge is 2.35. The molecular weight excluding hydrogens is 507 g/mol. The van der Waals surface area contributed by atoms with E-state index in [0.29, 0.717) is 39.9 Å². The van der Waals surface area contributed by atoms with E-state index in [9.17, 15) is 22.8 Å². The number of halogens is 4. The second-order valence-electron chi connectivity index (χ2n) is 7.67.